The Labute approximate surface area is 85.1 Å². The van der Waals surface area contributed by atoms with Gasteiger partial charge in [0.25, 0.3) is 0 Å². The molecule has 1 aromatic heterocycles. The Morgan fingerprint density at radius 2 is 2.00 bits per heavy atom. The third-order valence-corrected chi connectivity index (χ3v) is 2.04. The van der Waals surface area contributed by atoms with Crippen LogP contribution in [0.15, 0.2) is 30.6 Å². The Kier molecular flexibility index (Phi) is 2.28. The second-order valence-electron chi connectivity index (χ2n) is 2.65. The van der Waals surface area contributed by atoms with E-state index in [4.69, 9.17) is 11.6 Å². The molecule has 0 bridgehead atoms. The standard InChI is InChI=1S/C9H6ClN3O/c10-7-1-3-8(4-2-7)13-6-11-12-9(13)5-14/h1-6H. The minimum atomic E-state index is 0.271. The highest BCUT2D eigenvalue weighted by Crippen LogP contribution is 2.13. The molecule has 1 heterocycles. The first kappa shape index (κ1) is 8.90. The van der Waals surface area contributed by atoms with Crippen molar-refractivity contribution in [2.75, 3.05) is 0 Å². The minimum Gasteiger partial charge on any atom is -0.294 e. The summed E-state index contributed by atoms with van der Waals surface area (Å²) >= 11 is 5.74. The number of nitrogens with zero attached hydrogens (tertiary/aromatic N) is 3. The van der Waals surface area contributed by atoms with Gasteiger partial charge in [-0.3, -0.25) is 9.36 Å². The van der Waals surface area contributed by atoms with Gasteiger partial charge in [0.2, 0.25) is 5.82 Å². The van der Waals surface area contributed by atoms with Crippen LogP contribution >= 0.6 is 11.6 Å². The molecule has 0 fully saturated rings. The summed E-state index contributed by atoms with van der Waals surface area (Å²) in [4.78, 5) is 10.6. The number of aldehydes is 1. The number of carbonyl (C=O) groups is 1. The van der Waals surface area contributed by atoms with Crippen molar-refractivity contribution in [3.8, 4) is 5.69 Å². The zero-order chi connectivity index (χ0) is 9.97. The van der Waals surface area contributed by atoms with Crippen molar-refractivity contribution >= 4 is 17.9 Å². The highest BCUT2D eigenvalue weighted by Gasteiger charge is 2.03. The Hall–Kier alpha value is -1.68. The zero-order valence-electron chi connectivity index (χ0n) is 7.09. The van der Waals surface area contributed by atoms with Gasteiger partial charge in [0.15, 0.2) is 6.29 Å². The molecule has 0 saturated heterocycles. The third-order valence-electron chi connectivity index (χ3n) is 1.78. The van der Waals surface area contributed by atoms with Gasteiger partial charge in [-0.25, -0.2) is 0 Å². The second-order valence-corrected chi connectivity index (χ2v) is 3.09. The molecular weight excluding hydrogens is 202 g/mol. The van der Waals surface area contributed by atoms with Crippen molar-refractivity contribution in [2.24, 2.45) is 0 Å². The third kappa shape index (κ3) is 1.52. The Morgan fingerprint density at radius 1 is 1.29 bits per heavy atom. The van der Waals surface area contributed by atoms with Gasteiger partial charge in [0.1, 0.15) is 6.33 Å². The van der Waals surface area contributed by atoms with Crippen LogP contribution in [0.3, 0.4) is 0 Å². The first-order valence-corrected chi connectivity index (χ1v) is 4.30. The predicted molar refractivity (Wildman–Crippen MR) is 51.8 cm³/mol. The van der Waals surface area contributed by atoms with Gasteiger partial charge >= 0.3 is 0 Å². The Bertz CT molecular complexity index is 449. The maximum Gasteiger partial charge on any atom is 0.201 e. The van der Waals surface area contributed by atoms with Crippen LogP contribution < -0.4 is 0 Å². The average molecular weight is 208 g/mol. The molecule has 0 N–H and O–H groups in total. The fourth-order valence-electron chi connectivity index (χ4n) is 1.12. The maximum atomic E-state index is 10.6. The van der Waals surface area contributed by atoms with E-state index < -0.39 is 0 Å². The van der Waals surface area contributed by atoms with E-state index >= 15 is 0 Å². The van der Waals surface area contributed by atoms with Crippen molar-refractivity contribution in [1.29, 1.82) is 0 Å². The van der Waals surface area contributed by atoms with E-state index in [9.17, 15) is 4.79 Å². The minimum absolute atomic E-state index is 0.271. The van der Waals surface area contributed by atoms with Crippen molar-refractivity contribution in [3.63, 3.8) is 0 Å². The number of aromatic nitrogens is 3. The highest BCUT2D eigenvalue weighted by atomic mass is 35.5. The SMILES string of the molecule is O=Cc1nncn1-c1ccc(Cl)cc1. The summed E-state index contributed by atoms with van der Waals surface area (Å²) in [6.07, 6.45) is 2.13. The first-order chi connectivity index (χ1) is 6.81. The lowest BCUT2D eigenvalue weighted by Crippen LogP contribution is -1.98. The number of hydrogen-bond donors (Lipinski definition) is 0. The lowest BCUT2D eigenvalue weighted by atomic mass is 10.3. The number of benzene rings is 1. The van der Waals surface area contributed by atoms with Crippen molar-refractivity contribution in [1.82, 2.24) is 14.8 Å². The normalized spacial score (nSPS) is 10.1. The molecule has 5 heteroatoms. The topological polar surface area (TPSA) is 47.8 Å². The van der Waals surface area contributed by atoms with Gasteiger partial charge in [0.05, 0.1) is 0 Å². The van der Waals surface area contributed by atoms with Gasteiger partial charge in [-0.2, -0.15) is 0 Å². The van der Waals surface area contributed by atoms with Gasteiger partial charge < -0.3 is 0 Å². The van der Waals surface area contributed by atoms with E-state index in [-0.39, 0.29) is 5.82 Å². The monoisotopic (exact) mass is 207 g/mol. The fourth-order valence-corrected chi connectivity index (χ4v) is 1.25. The second kappa shape index (κ2) is 3.59. The molecule has 0 unspecified atom stereocenters. The Morgan fingerprint density at radius 3 is 2.64 bits per heavy atom. The van der Waals surface area contributed by atoms with Gasteiger partial charge in [-0.05, 0) is 24.3 Å². The van der Waals surface area contributed by atoms with Crippen LogP contribution in [0.25, 0.3) is 5.69 Å². The van der Waals surface area contributed by atoms with Crippen LogP contribution in [-0.2, 0) is 0 Å². The molecule has 0 spiro atoms. The summed E-state index contributed by atoms with van der Waals surface area (Å²) in [5, 5.41) is 7.93. The summed E-state index contributed by atoms with van der Waals surface area (Å²) in [7, 11) is 0. The van der Waals surface area contributed by atoms with Crippen LogP contribution in [0.1, 0.15) is 10.6 Å². The molecule has 0 amide bonds. The summed E-state index contributed by atoms with van der Waals surface area (Å²) in [5.41, 5.74) is 0.807. The number of halogens is 1. The number of hydrogen-bond acceptors (Lipinski definition) is 3. The van der Waals surface area contributed by atoms with Gasteiger partial charge in [-0.15, -0.1) is 10.2 Å². The van der Waals surface area contributed by atoms with Crippen molar-refractivity contribution < 1.29 is 4.79 Å². The first-order valence-electron chi connectivity index (χ1n) is 3.92. The summed E-state index contributed by atoms with van der Waals surface area (Å²) < 4.78 is 1.59. The van der Waals surface area contributed by atoms with Crippen LogP contribution in [0, 0.1) is 0 Å². The molecule has 70 valence electrons. The molecule has 14 heavy (non-hydrogen) atoms. The molecule has 2 rings (SSSR count). The zero-order valence-corrected chi connectivity index (χ0v) is 7.85. The summed E-state index contributed by atoms with van der Waals surface area (Å²) in [6.45, 7) is 0. The molecule has 1 aromatic carbocycles. The molecule has 0 aliphatic rings. The molecule has 0 radical (unpaired) electrons. The lowest BCUT2D eigenvalue weighted by molar-refractivity contribution is 0.111. The fraction of sp³-hybridized carbons (Fsp3) is 0. The van der Waals surface area contributed by atoms with E-state index in [2.05, 4.69) is 10.2 Å². The molecule has 0 aliphatic heterocycles. The quantitative estimate of drug-likeness (QED) is 0.705. The number of carbonyl (C=O) groups excluding carboxylic acids is 1. The van der Waals surface area contributed by atoms with Crippen molar-refractivity contribution in [3.05, 3.63) is 41.4 Å². The highest BCUT2D eigenvalue weighted by molar-refractivity contribution is 6.30. The molecule has 4 nitrogen and oxygen atoms in total. The number of rotatable bonds is 2. The van der Waals surface area contributed by atoms with Crippen LogP contribution in [-0.4, -0.2) is 21.1 Å². The Balaban J connectivity index is 2.49. The molecule has 2 aromatic rings. The molecule has 0 atom stereocenters. The van der Waals surface area contributed by atoms with Crippen LogP contribution in [0.2, 0.25) is 5.02 Å². The smallest absolute Gasteiger partial charge is 0.201 e. The maximum absolute atomic E-state index is 10.6. The largest absolute Gasteiger partial charge is 0.294 e. The molecule has 0 aliphatic carbocycles. The van der Waals surface area contributed by atoms with E-state index in [1.165, 1.54) is 6.33 Å². The van der Waals surface area contributed by atoms with Gasteiger partial charge in [-0.1, -0.05) is 11.6 Å². The van der Waals surface area contributed by atoms with Crippen LogP contribution in [0.4, 0.5) is 0 Å². The van der Waals surface area contributed by atoms with Crippen molar-refractivity contribution in [2.45, 2.75) is 0 Å². The predicted octanol–water partition coefficient (Wildman–Crippen LogP) is 1.73. The summed E-state index contributed by atoms with van der Waals surface area (Å²) in [6, 6.07) is 7.06. The average Bonchev–Trinajstić information content (AvgIpc) is 2.67. The summed E-state index contributed by atoms with van der Waals surface area (Å²) in [5.74, 6) is 0.271. The van der Waals surface area contributed by atoms with E-state index in [1.54, 1.807) is 28.8 Å². The van der Waals surface area contributed by atoms with Crippen LogP contribution in [0.5, 0.6) is 0 Å². The van der Waals surface area contributed by atoms with Gasteiger partial charge in [0, 0.05) is 10.7 Å². The van der Waals surface area contributed by atoms with E-state index in [0.29, 0.717) is 11.3 Å². The van der Waals surface area contributed by atoms with E-state index in [1.807, 2.05) is 0 Å². The van der Waals surface area contributed by atoms with E-state index in [0.717, 1.165) is 5.69 Å². The molecular formula is C9H6ClN3O. The lowest BCUT2D eigenvalue weighted by Gasteiger charge is -2.01. The molecule has 0 saturated carbocycles.